The van der Waals surface area contributed by atoms with Gasteiger partial charge in [0.2, 0.25) is 11.8 Å². The van der Waals surface area contributed by atoms with E-state index in [-0.39, 0.29) is 48.9 Å². The largest absolute Gasteiger partial charge is 0.507 e. The summed E-state index contributed by atoms with van der Waals surface area (Å²) in [5.41, 5.74) is 8.82. The molecule has 324 valence electrons. The molecule has 3 saturated heterocycles. The molecule has 16 nitrogen and oxygen atoms in total. The number of rotatable bonds is 14. The third-order valence-electron chi connectivity index (χ3n) is 12.6. The van der Waals surface area contributed by atoms with Crippen LogP contribution >= 0.6 is 0 Å². The highest BCUT2D eigenvalue weighted by molar-refractivity contribution is 5.89. The third-order valence-corrected chi connectivity index (χ3v) is 12.6. The molecule has 1 aliphatic carbocycles. The van der Waals surface area contributed by atoms with Gasteiger partial charge in [0, 0.05) is 88.0 Å². The molecule has 0 unspecified atom stereocenters. The molecule has 4 aromatic rings. The van der Waals surface area contributed by atoms with Crippen molar-refractivity contribution in [3.05, 3.63) is 71.6 Å². The standard InChI is InChI=1S/C45H56N8O8/c1-27(2)42(44(56)53-26-31(54)21-37(53)45(57)58)39-24-40(50-61-39)52-17-10-29(11-18-52)25-51-15-12-32(13-16-51)59-33-22-34(23-33)60-41-19-28(9-14-47-41)7-8-30-20-36(48-49-43(30)46)35-5-3-4-6-38(35)55/h3-9,14,19-20,24,27,29,31-34,37,42,54-55H,10-13,15-18,21-23,25-26H2,1-2H3,(H2,46,49)(H,57,58)/b8-7+/t31-,33-,34-,37+,42-/m1/s1. The number of pyridine rings is 1. The highest BCUT2D eigenvalue weighted by Crippen LogP contribution is 2.35. The van der Waals surface area contributed by atoms with E-state index in [0.717, 1.165) is 76.8 Å². The van der Waals surface area contributed by atoms with Gasteiger partial charge in [-0.2, -0.15) is 0 Å². The van der Waals surface area contributed by atoms with Crippen molar-refractivity contribution in [1.82, 2.24) is 30.1 Å². The molecule has 4 fully saturated rings. The number of aromatic nitrogens is 4. The van der Waals surface area contributed by atoms with E-state index in [0.29, 0.717) is 46.0 Å². The molecule has 6 heterocycles. The van der Waals surface area contributed by atoms with Gasteiger partial charge in [0.05, 0.1) is 24.0 Å². The van der Waals surface area contributed by atoms with Crippen LogP contribution in [0.5, 0.6) is 11.6 Å². The number of piperidine rings is 2. The lowest BCUT2D eigenvalue weighted by molar-refractivity contribution is -0.149. The molecule has 1 aromatic carbocycles. The van der Waals surface area contributed by atoms with Crippen molar-refractivity contribution < 1.29 is 38.9 Å². The maximum Gasteiger partial charge on any atom is 0.326 e. The summed E-state index contributed by atoms with van der Waals surface area (Å²) in [5.74, 6) is 0.409. The smallest absolute Gasteiger partial charge is 0.326 e. The van der Waals surface area contributed by atoms with Crippen molar-refractivity contribution in [2.75, 3.05) is 49.9 Å². The molecule has 61 heavy (non-hydrogen) atoms. The number of amides is 1. The van der Waals surface area contributed by atoms with Crippen LogP contribution in [0.1, 0.15) is 81.6 Å². The van der Waals surface area contributed by atoms with Gasteiger partial charge < -0.3 is 49.7 Å². The Hall–Kier alpha value is -5.58. The number of phenolic OH excluding ortho intramolecular Hbond substituents is 1. The maximum atomic E-state index is 13.6. The number of phenols is 1. The number of benzene rings is 1. The molecule has 0 bridgehead atoms. The number of aliphatic hydroxyl groups excluding tert-OH is 1. The summed E-state index contributed by atoms with van der Waals surface area (Å²) in [6.07, 6.45) is 11.0. The quantitative estimate of drug-likeness (QED) is 0.130. The molecular weight excluding hydrogens is 781 g/mol. The summed E-state index contributed by atoms with van der Waals surface area (Å²) in [5, 5.41) is 42.6. The number of para-hydroxylation sites is 1. The summed E-state index contributed by atoms with van der Waals surface area (Å²) < 4.78 is 18.4. The number of nitrogen functional groups attached to an aromatic ring is 1. The molecule has 16 heteroatoms. The molecule has 5 N–H and O–H groups in total. The number of carbonyl (C=O) groups is 2. The van der Waals surface area contributed by atoms with Crippen LogP contribution in [0.25, 0.3) is 23.4 Å². The first-order chi connectivity index (χ1) is 29.5. The normalized spacial score (nSPS) is 23.4. The molecule has 1 saturated carbocycles. The number of aliphatic carboxylic acids is 1. The Morgan fingerprint density at radius 2 is 1.72 bits per heavy atom. The number of carbonyl (C=O) groups excluding carboxylic acids is 1. The van der Waals surface area contributed by atoms with Crippen LogP contribution in [0.15, 0.2) is 59.3 Å². The predicted molar refractivity (Wildman–Crippen MR) is 227 cm³/mol. The van der Waals surface area contributed by atoms with Crippen LogP contribution in [-0.4, -0.2) is 127 Å². The Labute approximate surface area is 355 Å². The monoisotopic (exact) mass is 836 g/mol. The zero-order chi connectivity index (χ0) is 42.6. The van der Waals surface area contributed by atoms with Gasteiger partial charge in [-0.05, 0) is 67.3 Å². The highest BCUT2D eigenvalue weighted by atomic mass is 16.5. The Bertz CT molecular complexity index is 2180. The first-order valence-corrected chi connectivity index (χ1v) is 21.5. The van der Waals surface area contributed by atoms with E-state index >= 15 is 0 Å². The highest BCUT2D eigenvalue weighted by Gasteiger charge is 2.43. The molecule has 3 aliphatic heterocycles. The predicted octanol–water partition coefficient (Wildman–Crippen LogP) is 5.08. The fraction of sp³-hybridized carbons (Fsp3) is 0.511. The van der Waals surface area contributed by atoms with Crippen molar-refractivity contribution in [2.24, 2.45) is 11.8 Å². The van der Waals surface area contributed by atoms with Gasteiger partial charge in [0.1, 0.15) is 23.8 Å². The minimum atomic E-state index is -1.11. The number of hydrogen-bond donors (Lipinski definition) is 4. The second-order valence-corrected chi connectivity index (χ2v) is 17.3. The van der Waals surface area contributed by atoms with Crippen molar-refractivity contribution in [3.63, 3.8) is 0 Å². The summed E-state index contributed by atoms with van der Waals surface area (Å²) >= 11 is 0. The summed E-state index contributed by atoms with van der Waals surface area (Å²) in [7, 11) is 0. The number of carboxylic acids is 1. The Balaban J connectivity index is 0.741. The van der Waals surface area contributed by atoms with Gasteiger partial charge in [-0.15, -0.1) is 10.2 Å². The van der Waals surface area contributed by atoms with Crippen LogP contribution in [-0.2, 0) is 14.3 Å². The first-order valence-electron chi connectivity index (χ1n) is 21.5. The number of anilines is 2. The molecule has 1 amide bonds. The van der Waals surface area contributed by atoms with Crippen molar-refractivity contribution in [1.29, 1.82) is 0 Å². The topological polar surface area (TPSA) is 214 Å². The summed E-state index contributed by atoms with van der Waals surface area (Å²) in [6.45, 7) is 8.61. The van der Waals surface area contributed by atoms with E-state index in [2.05, 4.69) is 30.1 Å². The molecular formula is C45H56N8O8. The third kappa shape index (κ3) is 9.98. The minimum Gasteiger partial charge on any atom is -0.507 e. The summed E-state index contributed by atoms with van der Waals surface area (Å²) in [6, 6.07) is 13.4. The van der Waals surface area contributed by atoms with Crippen LogP contribution in [0.2, 0.25) is 0 Å². The first kappa shape index (κ1) is 42.1. The number of β-amino-alcohol motifs (C(OH)–C–C–N with tert-alkyl or cyclic N) is 1. The number of carboxylic acid groups (broad SMARTS) is 1. The van der Waals surface area contributed by atoms with E-state index in [9.17, 15) is 24.9 Å². The molecule has 3 atom stereocenters. The maximum absolute atomic E-state index is 13.6. The van der Waals surface area contributed by atoms with Gasteiger partial charge in [-0.1, -0.05) is 43.3 Å². The second kappa shape index (κ2) is 18.6. The van der Waals surface area contributed by atoms with Crippen LogP contribution < -0.4 is 15.4 Å². The molecule has 8 rings (SSSR count). The molecule has 3 aromatic heterocycles. The fourth-order valence-electron chi connectivity index (χ4n) is 9.04. The Morgan fingerprint density at radius 1 is 0.951 bits per heavy atom. The van der Waals surface area contributed by atoms with Crippen molar-refractivity contribution in [3.8, 4) is 22.9 Å². The minimum absolute atomic E-state index is 0.000382. The van der Waals surface area contributed by atoms with E-state index in [4.69, 9.17) is 19.7 Å². The molecule has 0 spiro atoms. The number of hydrogen-bond acceptors (Lipinski definition) is 14. The lowest BCUT2D eigenvalue weighted by Gasteiger charge is -2.41. The summed E-state index contributed by atoms with van der Waals surface area (Å²) in [4.78, 5) is 35.8. The van der Waals surface area contributed by atoms with Crippen LogP contribution in [0.4, 0.5) is 11.6 Å². The Kier molecular flexibility index (Phi) is 12.8. The average molecular weight is 837 g/mol. The van der Waals surface area contributed by atoms with Gasteiger partial charge in [-0.25, -0.2) is 9.78 Å². The average Bonchev–Trinajstić information content (AvgIpc) is 3.88. The van der Waals surface area contributed by atoms with Crippen molar-refractivity contribution >= 4 is 35.7 Å². The van der Waals surface area contributed by atoms with Gasteiger partial charge in [-0.3, -0.25) is 4.79 Å². The molecule has 4 aliphatic rings. The number of ether oxygens (including phenoxy) is 2. The van der Waals surface area contributed by atoms with E-state index in [1.807, 2.05) is 50.3 Å². The van der Waals surface area contributed by atoms with E-state index < -0.39 is 24.0 Å². The number of aliphatic hydroxyl groups is 1. The number of likely N-dealkylation sites (tertiary alicyclic amines) is 2. The Morgan fingerprint density at radius 3 is 2.46 bits per heavy atom. The number of nitrogens with zero attached hydrogens (tertiary/aromatic N) is 7. The lowest BCUT2D eigenvalue weighted by Crippen LogP contribution is -2.46. The zero-order valence-electron chi connectivity index (χ0n) is 34.8. The van der Waals surface area contributed by atoms with E-state index in [1.165, 1.54) is 4.90 Å². The van der Waals surface area contributed by atoms with E-state index in [1.54, 1.807) is 30.5 Å². The lowest BCUT2D eigenvalue weighted by atomic mass is 9.91. The van der Waals surface area contributed by atoms with Crippen LogP contribution in [0, 0.1) is 11.8 Å². The van der Waals surface area contributed by atoms with Crippen LogP contribution in [0.3, 0.4) is 0 Å². The van der Waals surface area contributed by atoms with Gasteiger partial charge >= 0.3 is 5.97 Å². The zero-order valence-corrected chi connectivity index (χ0v) is 34.8. The number of aromatic hydroxyl groups is 1. The fourth-order valence-corrected chi connectivity index (χ4v) is 9.04. The molecule has 0 radical (unpaired) electrons. The van der Waals surface area contributed by atoms with Gasteiger partial charge in [0.15, 0.2) is 17.4 Å². The second-order valence-electron chi connectivity index (χ2n) is 17.3. The van der Waals surface area contributed by atoms with Gasteiger partial charge in [0.25, 0.3) is 0 Å². The SMILES string of the molecule is CC(C)[C@@H](C(=O)N1C[C@H](O)C[C@H]1C(=O)O)c1cc(N2CCC(CN3CCC(O[C@H]4C[C@H](Oc5cc(/C=C/c6cc(-c7ccccc7O)nnc6N)ccn5)C4)CC3)CC2)no1. The number of nitrogens with two attached hydrogens (primary N) is 1. The van der Waals surface area contributed by atoms with Crippen molar-refractivity contribution in [2.45, 2.75) is 95.2 Å².